The number of aliphatic hydroxyl groups is 1. The fourth-order valence-electron chi connectivity index (χ4n) is 2.48. The Balaban J connectivity index is 1.94. The third kappa shape index (κ3) is 2.99. The lowest BCUT2D eigenvalue weighted by Crippen LogP contribution is -2.45. The highest BCUT2D eigenvalue weighted by Gasteiger charge is 2.36. The van der Waals surface area contributed by atoms with Gasteiger partial charge in [0, 0.05) is 6.54 Å². The van der Waals surface area contributed by atoms with Gasteiger partial charge >= 0.3 is 11.8 Å². The second-order valence-corrected chi connectivity index (χ2v) is 5.13. The Bertz CT molecular complexity index is 516. The van der Waals surface area contributed by atoms with Gasteiger partial charge in [-0.15, -0.1) is 0 Å². The molecule has 0 aliphatic heterocycles. The highest BCUT2D eigenvalue weighted by molar-refractivity contribution is 6.35. The summed E-state index contributed by atoms with van der Waals surface area (Å²) in [6.45, 7) is 2.44. The maximum Gasteiger partial charge on any atom is 0.309 e. The third-order valence-corrected chi connectivity index (χ3v) is 3.61. The van der Waals surface area contributed by atoms with E-state index in [0.29, 0.717) is 13.0 Å². The summed E-state index contributed by atoms with van der Waals surface area (Å²) in [6, 6.07) is 7.64. The maximum atomic E-state index is 11.6. The molecule has 1 aliphatic carbocycles. The largest absolute Gasteiger partial charge is 0.383 e. The van der Waals surface area contributed by atoms with Crippen LogP contribution in [0.3, 0.4) is 0 Å². The van der Waals surface area contributed by atoms with Crippen LogP contribution in [0.2, 0.25) is 0 Å². The Labute approximate surface area is 118 Å². The summed E-state index contributed by atoms with van der Waals surface area (Å²) < 4.78 is 0. The van der Waals surface area contributed by atoms with Crippen LogP contribution < -0.4 is 10.6 Å². The molecule has 0 fully saturated rings. The van der Waals surface area contributed by atoms with Crippen LogP contribution in [0.25, 0.3) is 0 Å². The van der Waals surface area contributed by atoms with E-state index in [-0.39, 0.29) is 6.54 Å². The molecule has 1 aromatic rings. The molecular weight excluding hydrogens is 256 g/mol. The smallest absolute Gasteiger partial charge is 0.309 e. The lowest BCUT2D eigenvalue weighted by atomic mass is 9.96. The fraction of sp³-hybridized carbons (Fsp3) is 0.467. The Hall–Kier alpha value is -1.88. The van der Waals surface area contributed by atoms with Crippen molar-refractivity contribution >= 4 is 11.8 Å². The van der Waals surface area contributed by atoms with Crippen molar-refractivity contribution in [2.24, 2.45) is 0 Å². The van der Waals surface area contributed by atoms with Gasteiger partial charge in [0.05, 0.1) is 6.54 Å². The number of hydrogen-bond acceptors (Lipinski definition) is 3. The standard InChI is InChI=1S/C15H20N2O3/c1-2-9-16-13(18)14(19)17-10-15(20)8-7-11-5-3-4-6-12(11)15/h3-6,20H,2,7-10H2,1H3,(H,16,18)(H,17,19). The summed E-state index contributed by atoms with van der Waals surface area (Å²) in [7, 11) is 0. The maximum absolute atomic E-state index is 11.6. The molecule has 20 heavy (non-hydrogen) atoms. The molecule has 0 bridgehead atoms. The monoisotopic (exact) mass is 276 g/mol. The van der Waals surface area contributed by atoms with E-state index in [1.807, 2.05) is 31.2 Å². The minimum absolute atomic E-state index is 0.0579. The van der Waals surface area contributed by atoms with E-state index < -0.39 is 17.4 Å². The van der Waals surface area contributed by atoms with Crippen molar-refractivity contribution in [3.63, 3.8) is 0 Å². The number of benzene rings is 1. The number of amides is 2. The molecule has 0 spiro atoms. The van der Waals surface area contributed by atoms with Crippen LogP contribution in [-0.4, -0.2) is 30.0 Å². The predicted molar refractivity (Wildman–Crippen MR) is 75.0 cm³/mol. The average Bonchev–Trinajstić information content (AvgIpc) is 2.81. The first-order chi connectivity index (χ1) is 9.57. The minimum Gasteiger partial charge on any atom is -0.383 e. The van der Waals surface area contributed by atoms with Crippen LogP contribution >= 0.6 is 0 Å². The number of hydrogen-bond donors (Lipinski definition) is 3. The number of fused-ring (bicyclic) bond motifs is 1. The zero-order valence-electron chi connectivity index (χ0n) is 11.6. The third-order valence-electron chi connectivity index (χ3n) is 3.61. The van der Waals surface area contributed by atoms with Crippen molar-refractivity contribution in [1.82, 2.24) is 10.6 Å². The number of nitrogens with one attached hydrogen (secondary N) is 2. The molecule has 1 aromatic carbocycles. The number of rotatable bonds is 4. The summed E-state index contributed by atoms with van der Waals surface area (Å²) in [4.78, 5) is 23.1. The van der Waals surface area contributed by atoms with Crippen molar-refractivity contribution in [1.29, 1.82) is 0 Å². The Morgan fingerprint density at radius 1 is 1.25 bits per heavy atom. The molecule has 1 aliphatic rings. The van der Waals surface area contributed by atoms with E-state index in [0.717, 1.165) is 24.0 Å². The van der Waals surface area contributed by atoms with Gasteiger partial charge in [0.15, 0.2) is 0 Å². The zero-order chi connectivity index (χ0) is 14.6. The summed E-state index contributed by atoms with van der Waals surface area (Å²) in [5.41, 5.74) is 0.867. The van der Waals surface area contributed by atoms with Gasteiger partial charge in [0.25, 0.3) is 0 Å². The molecule has 2 rings (SSSR count). The van der Waals surface area contributed by atoms with E-state index in [2.05, 4.69) is 10.6 Å². The van der Waals surface area contributed by atoms with Gasteiger partial charge in [-0.3, -0.25) is 9.59 Å². The van der Waals surface area contributed by atoms with Gasteiger partial charge in [-0.25, -0.2) is 0 Å². The summed E-state index contributed by atoms with van der Waals surface area (Å²) >= 11 is 0. The molecule has 0 aromatic heterocycles. The van der Waals surface area contributed by atoms with Crippen LogP contribution in [0.4, 0.5) is 0 Å². The Kier molecular flexibility index (Phi) is 4.39. The van der Waals surface area contributed by atoms with E-state index in [4.69, 9.17) is 0 Å². The molecule has 0 saturated heterocycles. The van der Waals surface area contributed by atoms with Crippen LogP contribution in [0.1, 0.15) is 30.9 Å². The minimum atomic E-state index is -1.07. The van der Waals surface area contributed by atoms with Crippen molar-refractivity contribution in [3.05, 3.63) is 35.4 Å². The topological polar surface area (TPSA) is 78.4 Å². The molecule has 1 unspecified atom stereocenters. The average molecular weight is 276 g/mol. The Morgan fingerprint density at radius 3 is 2.70 bits per heavy atom. The van der Waals surface area contributed by atoms with Gasteiger partial charge in [-0.05, 0) is 30.4 Å². The first-order valence-corrected chi connectivity index (χ1v) is 6.93. The number of aryl methyl sites for hydroxylation is 1. The normalized spacial score (nSPS) is 20.3. The number of carbonyl (C=O) groups excluding carboxylic acids is 2. The van der Waals surface area contributed by atoms with Crippen molar-refractivity contribution in [3.8, 4) is 0 Å². The summed E-state index contributed by atoms with van der Waals surface area (Å²) in [5.74, 6) is -1.35. The van der Waals surface area contributed by atoms with Crippen LogP contribution in [0.15, 0.2) is 24.3 Å². The van der Waals surface area contributed by atoms with Gasteiger partial charge in [0.2, 0.25) is 0 Å². The first kappa shape index (κ1) is 14.5. The first-order valence-electron chi connectivity index (χ1n) is 6.93. The van der Waals surface area contributed by atoms with Crippen molar-refractivity contribution in [2.75, 3.05) is 13.1 Å². The molecule has 5 heteroatoms. The quantitative estimate of drug-likeness (QED) is 0.699. The molecule has 0 radical (unpaired) electrons. The lowest BCUT2D eigenvalue weighted by molar-refractivity contribution is -0.139. The lowest BCUT2D eigenvalue weighted by Gasteiger charge is -2.24. The number of carbonyl (C=O) groups is 2. The highest BCUT2D eigenvalue weighted by atomic mass is 16.3. The Morgan fingerprint density at radius 2 is 1.95 bits per heavy atom. The van der Waals surface area contributed by atoms with E-state index in [1.54, 1.807) is 0 Å². The molecular formula is C15H20N2O3. The van der Waals surface area contributed by atoms with Crippen molar-refractivity contribution in [2.45, 2.75) is 31.8 Å². The molecule has 0 saturated carbocycles. The molecule has 0 heterocycles. The predicted octanol–water partition coefficient (Wildman–Crippen LogP) is 0.463. The van der Waals surface area contributed by atoms with Crippen LogP contribution in [0, 0.1) is 0 Å². The van der Waals surface area contributed by atoms with E-state index >= 15 is 0 Å². The van der Waals surface area contributed by atoms with Crippen molar-refractivity contribution < 1.29 is 14.7 Å². The van der Waals surface area contributed by atoms with Gasteiger partial charge in [-0.2, -0.15) is 0 Å². The van der Waals surface area contributed by atoms with E-state index in [9.17, 15) is 14.7 Å². The molecule has 3 N–H and O–H groups in total. The second-order valence-electron chi connectivity index (χ2n) is 5.13. The SMILES string of the molecule is CCCNC(=O)C(=O)NCC1(O)CCc2ccccc21. The van der Waals surface area contributed by atoms with E-state index in [1.165, 1.54) is 0 Å². The van der Waals surface area contributed by atoms with Gasteiger partial charge < -0.3 is 15.7 Å². The van der Waals surface area contributed by atoms with Gasteiger partial charge in [-0.1, -0.05) is 31.2 Å². The summed E-state index contributed by atoms with van der Waals surface area (Å²) in [6.07, 6.45) is 2.12. The molecule has 1 atom stereocenters. The second kappa shape index (κ2) is 6.05. The van der Waals surface area contributed by atoms with Crippen LogP contribution in [-0.2, 0) is 21.6 Å². The van der Waals surface area contributed by atoms with Crippen LogP contribution in [0.5, 0.6) is 0 Å². The molecule has 5 nitrogen and oxygen atoms in total. The molecule has 108 valence electrons. The highest BCUT2D eigenvalue weighted by Crippen LogP contribution is 2.35. The molecule has 2 amide bonds. The van der Waals surface area contributed by atoms with Gasteiger partial charge in [0.1, 0.15) is 5.60 Å². The summed E-state index contributed by atoms with van der Waals surface area (Å²) in [5, 5.41) is 15.6. The fourth-order valence-corrected chi connectivity index (χ4v) is 2.48. The zero-order valence-corrected chi connectivity index (χ0v) is 11.6.